The zero-order chi connectivity index (χ0) is 11.7. The van der Waals surface area contributed by atoms with E-state index in [1.807, 2.05) is 20.8 Å². The van der Waals surface area contributed by atoms with Gasteiger partial charge in [0.25, 0.3) is 0 Å². The van der Waals surface area contributed by atoms with E-state index in [1.54, 1.807) is 0 Å². The molecule has 90 valence electrons. The maximum absolute atomic E-state index is 11.2. The summed E-state index contributed by atoms with van der Waals surface area (Å²) in [4.78, 5) is 11.2. The Morgan fingerprint density at radius 1 is 1.33 bits per heavy atom. The lowest BCUT2D eigenvalue weighted by Crippen LogP contribution is -2.34. The molecule has 0 spiro atoms. The summed E-state index contributed by atoms with van der Waals surface area (Å²) in [5.41, 5.74) is -0.285. The molecule has 1 amide bonds. The van der Waals surface area contributed by atoms with Crippen molar-refractivity contribution in [3.8, 4) is 0 Å². The topological polar surface area (TPSA) is 47.6 Å². The number of carbonyl (C=O) groups is 1. The van der Waals surface area contributed by atoms with E-state index >= 15 is 0 Å². The van der Waals surface area contributed by atoms with E-state index in [9.17, 15) is 4.79 Å². The lowest BCUT2D eigenvalue weighted by Gasteiger charge is -2.18. The van der Waals surface area contributed by atoms with E-state index in [2.05, 4.69) is 5.32 Å². The van der Waals surface area contributed by atoms with Crippen molar-refractivity contribution < 1.29 is 14.3 Å². The number of carbonyl (C=O) groups excluding carboxylic acids is 1. The third-order valence-corrected chi connectivity index (χ3v) is 1.58. The normalized spacial score (nSPS) is 11.5. The molecule has 0 aliphatic rings. The van der Waals surface area contributed by atoms with Crippen molar-refractivity contribution in [2.24, 2.45) is 0 Å². The summed E-state index contributed by atoms with van der Waals surface area (Å²) in [6.45, 7) is 7.28. The minimum absolute atomic E-state index is 0.0823. The van der Waals surface area contributed by atoms with Gasteiger partial charge in [0.05, 0.1) is 18.8 Å². The lowest BCUT2D eigenvalue weighted by molar-refractivity contribution is -0.130. The highest BCUT2D eigenvalue weighted by Gasteiger charge is 2.12. The number of hydrogen-bond donors (Lipinski definition) is 1. The smallest absolute Gasteiger partial charge is 0.246 e. The predicted octanol–water partition coefficient (Wildman–Crippen LogP) is 1.17. The summed E-state index contributed by atoms with van der Waals surface area (Å²) >= 11 is 5.41. The zero-order valence-corrected chi connectivity index (χ0v) is 10.4. The van der Waals surface area contributed by atoms with E-state index in [1.165, 1.54) is 0 Å². The summed E-state index contributed by atoms with van der Waals surface area (Å²) in [6.07, 6.45) is 0. The third kappa shape index (κ3) is 11.6. The first-order chi connectivity index (χ1) is 6.95. The zero-order valence-electron chi connectivity index (χ0n) is 9.64. The molecule has 4 nitrogen and oxygen atoms in total. The Morgan fingerprint density at radius 3 is 2.53 bits per heavy atom. The fourth-order valence-electron chi connectivity index (χ4n) is 0.752. The Kier molecular flexibility index (Phi) is 7.74. The first-order valence-electron chi connectivity index (χ1n) is 5.00. The summed E-state index contributed by atoms with van der Waals surface area (Å²) in [7, 11) is 0. The molecule has 0 heterocycles. The van der Waals surface area contributed by atoms with Crippen molar-refractivity contribution in [2.45, 2.75) is 26.4 Å². The van der Waals surface area contributed by atoms with Crippen LogP contribution in [0.15, 0.2) is 0 Å². The van der Waals surface area contributed by atoms with Gasteiger partial charge in [-0.25, -0.2) is 0 Å². The van der Waals surface area contributed by atoms with Gasteiger partial charge in [-0.15, -0.1) is 11.6 Å². The molecule has 0 rings (SSSR count). The van der Waals surface area contributed by atoms with E-state index in [0.717, 1.165) is 0 Å². The van der Waals surface area contributed by atoms with Crippen molar-refractivity contribution in [3.05, 3.63) is 0 Å². The van der Waals surface area contributed by atoms with E-state index in [0.29, 0.717) is 25.6 Å². The minimum Gasteiger partial charge on any atom is -0.378 e. The molecule has 0 aliphatic carbocycles. The predicted molar refractivity (Wildman–Crippen MR) is 60.3 cm³/mol. The van der Waals surface area contributed by atoms with Crippen LogP contribution in [0.3, 0.4) is 0 Å². The highest BCUT2D eigenvalue weighted by atomic mass is 35.5. The van der Waals surface area contributed by atoms with Gasteiger partial charge < -0.3 is 14.8 Å². The van der Waals surface area contributed by atoms with Crippen molar-refractivity contribution in [1.82, 2.24) is 5.32 Å². The Balaban J connectivity index is 3.34. The summed E-state index contributed by atoms with van der Waals surface area (Å²) in [5, 5.41) is 2.68. The third-order valence-electron chi connectivity index (χ3n) is 1.43. The van der Waals surface area contributed by atoms with Crippen molar-refractivity contribution >= 4 is 17.5 Å². The molecule has 5 heteroatoms. The van der Waals surface area contributed by atoms with Crippen molar-refractivity contribution in [3.63, 3.8) is 0 Å². The van der Waals surface area contributed by atoms with E-state index in [-0.39, 0.29) is 18.1 Å². The van der Waals surface area contributed by atoms with Gasteiger partial charge in [0.1, 0.15) is 6.61 Å². The van der Waals surface area contributed by atoms with Crippen LogP contribution in [0.1, 0.15) is 20.8 Å². The number of hydrogen-bond acceptors (Lipinski definition) is 3. The second-order valence-corrected chi connectivity index (χ2v) is 4.43. The quantitative estimate of drug-likeness (QED) is 0.534. The number of ether oxygens (including phenoxy) is 2. The number of rotatable bonds is 7. The average molecular weight is 238 g/mol. The first-order valence-corrected chi connectivity index (χ1v) is 5.53. The molecule has 0 bridgehead atoms. The summed E-state index contributed by atoms with van der Waals surface area (Å²) < 4.78 is 10.4. The number of nitrogens with one attached hydrogen (secondary N) is 1. The van der Waals surface area contributed by atoms with Gasteiger partial charge in [0, 0.05) is 12.4 Å². The molecular formula is C10H20ClNO3. The Bertz CT molecular complexity index is 180. The lowest BCUT2D eigenvalue weighted by atomic mass is 10.2. The standard InChI is InChI=1S/C10H20ClNO3/c1-10(2,3)15-8-9(13)12-5-7-14-6-4-11/h4-8H2,1-3H3,(H,12,13). The molecule has 0 saturated carbocycles. The Hall–Kier alpha value is -0.320. The van der Waals surface area contributed by atoms with Gasteiger partial charge in [-0.2, -0.15) is 0 Å². The molecular weight excluding hydrogens is 218 g/mol. The van der Waals surface area contributed by atoms with Crippen LogP contribution in [0.4, 0.5) is 0 Å². The summed E-state index contributed by atoms with van der Waals surface area (Å²) in [5.74, 6) is 0.348. The van der Waals surface area contributed by atoms with Crippen LogP contribution < -0.4 is 5.32 Å². The average Bonchev–Trinajstić information content (AvgIpc) is 2.13. The van der Waals surface area contributed by atoms with Gasteiger partial charge in [-0.1, -0.05) is 0 Å². The van der Waals surface area contributed by atoms with Gasteiger partial charge in [-0.05, 0) is 20.8 Å². The Morgan fingerprint density at radius 2 is 2.00 bits per heavy atom. The maximum atomic E-state index is 11.2. The van der Waals surface area contributed by atoms with Crippen LogP contribution in [-0.4, -0.2) is 43.8 Å². The monoisotopic (exact) mass is 237 g/mol. The van der Waals surface area contributed by atoms with Crippen LogP contribution in [0, 0.1) is 0 Å². The first kappa shape index (κ1) is 14.7. The largest absolute Gasteiger partial charge is 0.378 e. The molecule has 0 aliphatic heterocycles. The molecule has 15 heavy (non-hydrogen) atoms. The number of halogens is 1. The molecule has 0 fully saturated rings. The van der Waals surface area contributed by atoms with Gasteiger partial charge in [-0.3, -0.25) is 4.79 Å². The van der Waals surface area contributed by atoms with E-state index in [4.69, 9.17) is 21.1 Å². The van der Waals surface area contributed by atoms with Crippen LogP contribution in [0.2, 0.25) is 0 Å². The highest BCUT2D eigenvalue weighted by molar-refractivity contribution is 6.17. The molecule has 0 atom stereocenters. The minimum atomic E-state index is -0.285. The van der Waals surface area contributed by atoms with E-state index < -0.39 is 0 Å². The van der Waals surface area contributed by atoms with Crippen molar-refractivity contribution in [2.75, 3.05) is 32.2 Å². The second-order valence-electron chi connectivity index (χ2n) is 4.05. The number of alkyl halides is 1. The second kappa shape index (κ2) is 7.91. The van der Waals surface area contributed by atoms with Gasteiger partial charge in [0.15, 0.2) is 0 Å². The molecule has 0 saturated heterocycles. The molecule has 1 N–H and O–H groups in total. The van der Waals surface area contributed by atoms with Crippen LogP contribution in [0.25, 0.3) is 0 Å². The Labute approximate surface area is 96.3 Å². The van der Waals surface area contributed by atoms with Gasteiger partial charge >= 0.3 is 0 Å². The SMILES string of the molecule is CC(C)(C)OCC(=O)NCCOCCCl. The van der Waals surface area contributed by atoms with Crippen molar-refractivity contribution in [1.29, 1.82) is 0 Å². The van der Waals surface area contributed by atoms with Crippen LogP contribution in [-0.2, 0) is 14.3 Å². The molecule has 0 aromatic rings. The highest BCUT2D eigenvalue weighted by Crippen LogP contribution is 2.05. The molecule has 0 aromatic carbocycles. The molecule has 0 aromatic heterocycles. The van der Waals surface area contributed by atoms with Gasteiger partial charge in [0.2, 0.25) is 5.91 Å². The maximum Gasteiger partial charge on any atom is 0.246 e. The number of amides is 1. The fourth-order valence-corrected chi connectivity index (χ4v) is 0.861. The summed E-state index contributed by atoms with van der Waals surface area (Å²) in [6, 6.07) is 0. The fraction of sp³-hybridized carbons (Fsp3) is 0.900. The molecule has 0 unspecified atom stereocenters. The van der Waals surface area contributed by atoms with Crippen LogP contribution in [0.5, 0.6) is 0 Å². The molecule has 0 radical (unpaired) electrons. The van der Waals surface area contributed by atoms with Crippen LogP contribution >= 0.6 is 11.6 Å².